The SMILES string of the molecule is CCn1c(-c2nonc2C(C)N)nc2cnc(Oc3cccc(CNC(=O)c4ccc(OCCN5CCOCC5)cc4)c3)cc21. The molecule has 4 heterocycles. The second kappa shape index (κ2) is 13.8. The quantitative estimate of drug-likeness (QED) is 0.210. The Morgan fingerprint density at radius 3 is 2.69 bits per heavy atom. The van der Waals surface area contributed by atoms with Crippen LogP contribution in [-0.4, -0.2) is 75.1 Å². The van der Waals surface area contributed by atoms with Gasteiger partial charge in [0.15, 0.2) is 11.5 Å². The number of amides is 1. The number of pyridine rings is 1. The molecule has 1 amide bonds. The van der Waals surface area contributed by atoms with E-state index in [4.69, 9.17) is 29.6 Å². The van der Waals surface area contributed by atoms with E-state index in [0.717, 1.165) is 49.7 Å². The summed E-state index contributed by atoms with van der Waals surface area (Å²) in [4.78, 5) is 24.3. The van der Waals surface area contributed by atoms with Gasteiger partial charge in [-0.15, -0.1) is 0 Å². The molecule has 1 unspecified atom stereocenters. The second-order valence-electron chi connectivity index (χ2n) is 10.7. The lowest BCUT2D eigenvalue weighted by Crippen LogP contribution is -2.38. The lowest BCUT2D eigenvalue weighted by atomic mass is 10.2. The zero-order chi connectivity index (χ0) is 31.2. The summed E-state index contributed by atoms with van der Waals surface area (Å²) in [5, 5.41) is 11.0. The number of nitrogens with one attached hydrogen (secondary N) is 1. The van der Waals surface area contributed by atoms with Gasteiger partial charge in [-0.3, -0.25) is 9.69 Å². The summed E-state index contributed by atoms with van der Waals surface area (Å²) in [5.74, 6) is 2.16. The second-order valence-corrected chi connectivity index (χ2v) is 10.7. The van der Waals surface area contributed by atoms with E-state index in [1.807, 2.05) is 60.9 Å². The molecule has 234 valence electrons. The van der Waals surface area contributed by atoms with Crippen LogP contribution < -0.4 is 20.5 Å². The predicted octanol–water partition coefficient (Wildman–Crippen LogP) is 3.95. The van der Waals surface area contributed by atoms with Crippen molar-refractivity contribution in [3.8, 4) is 28.9 Å². The van der Waals surface area contributed by atoms with E-state index in [1.54, 1.807) is 18.3 Å². The van der Waals surface area contributed by atoms with E-state index in [1.165, 1.54) is 0 Å². The number of hydrogen-bond acceptors (Lipinski definition) is 11. The number of ether oxygens (including phenoxy) is 3. The van der Waals surface area contributed by atoms with Crippen molar-refractivity contribution >= 4 is 16.9 Å². The molecule has 45 heavy (non-hydrogen) atoms. The van der Waals surface area contributed by atoms with Crippen LogP contribution in [0.5, 0.6) is 17.4 Å². The fourth-order valence-corrected chi connectivity index (χ4v) is 5.16. The Balaban J connectivity index is 1.06. The van der Waals surface area contributed by atoms with E-state index >= 15 is 0 Å². The molecule has 13 heteroatoms. The van der Waals surface area contributed by atoms with Gasteiger partial charge in [0, 0.05) is 44.4 Å². The van der Waals surface area contributed by atoms with Gasteiger partial charge < -0.3 is 29.8 Å². The Morgan fingerprint density at radius 1 is 1.09 bits per heavy atom. The molecule has 0 saturated carbocycles. The molecule has 5 aromatic rings. The van der Waals surface area contributed by atoms with Gasteiger partial charge in [0.2, 0.25) is 5.88 Å². The summed E-state index contributed by atoms with van der Waals surface area (Å²) in [6.07, 6.45) is 1.66. The lowest BCUT2D eigenvalue weighted by Gasteiger charge is -2.26. The Morgan fingerprint density at radius 2 is 1.91 bits per heavy atom. The highest BCUT2D eigenvalue weighted by Crippen LogP contribution is 2.30. The van der Waals surface area contributed by atoms with E-state index in [2.05, 4.69) is 25.5 Å². The topological polar surface area (TPSA) is 156 Å². The number of nitrogens with zero attached hydrogens (tertiary/aromatic N) is 6. The number of morpholine rings is 1. The van der Waals surface area contributed by atoms with E-state index in [0.29, 0.717) is 59.6 Å². The molecule has 13 nitrogen and oxygen atoms in total. The summed E-state index contributed by atoms with van der Waals surface area (Å²) in [6.45, 7) is 9.61. The first-order valence-electron chi connectivity index (χ1n) is 15.0. The smallest absolute Gasteiger partial charge is 0.251 e. The van der Waals surface area contributed by atoms with Gasteiger partial charge in [-0.2, -0.15) is 0 Å². The van der Waals surface area contributed by atoms with Crippen LogP contribution in [0.15, 0.2) is 65.4 Å². The van der Waals surface area contributed by atoms with E-state index < -0.39 is 0 Å². The molecule has 0 aliphatic carbocycles. The maximum atomic E-state index is 12.8. The highest BCUT2D eigenvalue weighted by Gasteiger charge is 2.22. The normalized spacial score (nSPS) is 14.4. The molecule has 1 fully saturated rings. The fraction of sp³-hybridized carbons (Fsp3) is 0.344. The number of hydrogen-bond donors (Lipinski definition) is 2. The molecule has 3 N–H and O–H groups in total. The number of nitrogens with two attached hydrogens (primary N) is 1. The standard InChI is InChI=1S/C32H36N8O5/c1-3-40-27-18-28(34-20-26(27)36-31(40)30-29(21(2)33)37-45-38-30)44-25-6-4-5-22(17-25)19-35-32(41)23-7-9-24(10-8-23)43-16-13-39-11-14-42-15-12-39/h4-10,17-18,20-21H,3,11-16,19,33H2,1-2H3,(H,35,41). The lowest BCUT2D eigenvalue weighted by molar-refractivity contribution is 0.0322. The molecule has 1 aliphatic heterocycles. The minimum atomic E-state index is -0.360. The van der Waals surface area contributed by atoms with Gasteiger partial charge >= 0.3 is 0 Å². The zero-order valence-electron chi connectivity index (χ0n) is 25.3. The van der Waals surface area contributed by atoms with Gasteiger partial charge in [0.25, 0.3) is 5.91 Å². The average molecular weight is 613 g/mol. The molecule has 0 radical (unpaired) electrons. The van der Waals surface area contributed by atoms with Crippen molar-refractivity contribution in [1.29, 1.82) is 0 Å². The first kappa shape index (κ1) is 30.2. The Bertz CT molecular complexity index is 1740. The van der Waals surface area contributed by atoms with Gasteiger partial charge in [-0.05, 0) is 61.0 Å². The number of benzene rings is 2. The third-order valence-corrected chi connectivity index (χ3v) is 7.55. The van der Waals surface area contributed by atoms with E-state index in [9.17, 15) is 4.79 Å². The summed E-state index contributed by atoms with van der Waals surface area (Å²) in [6, 6.07) is 16.2. The number of imidazole rings is 1. The molecular formula is C32H36N8O5. The Labute approximate surface area is 260 Å². The van der Waals surface area contributed by atoms with E-state index in [-0.39, 0.29) is 11.9 Å². The van der Waals surface area contributed by atoms with Crippen molar-refractivity contribution in [1.82, 2.24) is 35.1 Å². The summed E-state index contributed by atoms with van der Waals surface area (Å²) >= 11 is 0. The highest BCUT2D eigenvalue weighted by molar-refractivity contribution is 5.94. The highest BCUT2D eigenvalue weighted by atomic mass is 16.6. The fourth-order valence-electron chi connectivity index (χ4n) is 5.16. The van der Waals surface area contributed by atoms with Crippen LogP contribution in [0.3, 0.4) is 0 Å². The van der Waals surface area contributed by atoms with Gasteiger partial charge in [-0.25, -0.2) is 14.6 Å². The van der Waals surface area contributed by atoms with Crippen molar-refractivity contribution in [2.45, 2.75) is 33.0 Å². The summed E-state index contributed by atoms with van der Waals surface area (Å²) < 4.78 is 24.3. The van der Waals surface area contributed by atoms with Crippen molar-refractivity contribution in [3.63, 3.8) is 0 Å². The Kier molecular flexibility index (Phi) is 9.29. The molecule has 3 aromatic heterocycles. The van der Waals surface area contributed by atoms with Crippen molar-refractivity contribution in [3.05, 3.63) is 77.6 Å². The van der Waals surface area contributed by atoms with Gasteiger partial charge in [-0.1, -0.05) is 17.3 Å². The van der Waals surface area contributed by atoms with Crippen LogP contribution in [0.4, 0.5) is 0 Å². The number of rotatable bonds is 12. The molecule has 6 rings (SSSR count). The molecule has 1 saturated heterocycles. The molecule has 0 bridgehead atoms. The maximum absolute atomic E-state index is 12.8. The molecule has 1 aliphatic rings. The summed E-state index contributed by atoms with van der Waals surface area (Å²) in [5.41, 5.74) is 10.0. The number of aromatic nitrogens is 5. The number of carbonyl (C=O) groups excluding carboxylic acids is 1. The van der Waals surface area contributed by atoms with Crippen molar-refractivity contribution in [2.24, 2.45) is 5.73 Å². The molecule has 1 atom stereocenters. The van der Waals surface area contributed by atoms with Crippen LogP contribution in [0.1, 0.15) is 41.5 Å². The predicted molar refractivity (Wildman–Crippen MR) is 166 cm³/mol. The van der Waals surface area contributed by atoms with Crippen molar-refractivity contribution in [2.75, 3.05) is 39.5 Å². The van der Waals surface area contributed by atoms with Crippen LogP contribution in [-0.2, 0) is 17.8 Å². The first-order valence-corrected chi connectivity index (χ1v) is 15.0. The Hall–Kier alpha value is -4.85. The minimum Gasteiger partial charge on any atom is -0.492 e. The zero-order valence-corrected chi connectivity index (χ0v) is 25.3. The van der Waals surface area contributed by atoms with Gasteiger partial charge in [0.1, 0.15) is 29.3 Å². The number of fused-ring (bicyclic) bond motifs is 1. The maximum Gasteiger partial charge on any atom is 0.251 e. The largest absolute Gasteiger partial charge is 0.492 e. The van der Waals surface area contributed by atoms with Crippen LogP contribution in [0, 0.1) is 0 Å². The third-order valence-electron chi connectivity index (χ3n) is 7.55. The molecule has 0 spiro atoms. The third kappa shape index (κ3) is 7.11. The summed E-state index contributed by atoms with van der Waals surface area (Å²) in [7, 11) is 0. The minimum absolute atomic E-state index is 0.175. The van der Waals surface area contributed by atoms with Crippen LogP contribution in [0.2, 0.25) is 0 Å². The number of carbonyl (C=O) groups is 1. The van der Waals surface area contributed by atoms with Crippen LogP contribution in [0.25, 0.3) is 22.6 Å². The monoisotopic (exact) mass is 612 g/mol. The average Bonchev–Trinajstić information content (AvgIpc) is 3.69. The van der Waals surface area contributed by atoms with Crippen molar-refractivity contribution < 1.29 is 23.6 Å². The molecular weight excluding hydrogens is 576 g/mol. The van der Waals surface area contributed by atoms with Crippen LogP contribution >= 0.6 is 0 Å². The first-order chi connectivity index (χ1) is 22.0. The molecule has 2 aromatic carbocycles. The van der Waals surface area contributed by atoms with Gasteiger partial charge in [0.05, 0.1) is 31.0 Å². The number of aryl methyl sites for hydroxylation is 1.